The number of hydrogen-bond donors (Lipinski definition) is 0. The van der Waals surface area contributed by atoms with Gasteiger partial charge in [-0.05, 0) is 31.6 Å². The van der Waals surface area contributed by atoms with Gasteiger partial charge in [0.1, 0.15) is 5.15 Å². The van der Waals surface area contributed by atoms with Gasteiger partial charge >= 0.3 is 0 Å². The van der Waals surface area contributed by atoms with E-state index < -0.39 is 10.0 Å². The molecule has 2 heterocycles. The van der Waals surface area contributed by atoms with Crippen LogP contribution in [0.5, 0.6) is 0 Å². The van der Waals surface area contributed by atoms with E-state index in [1.807, 2.05) is 13.8 Å². The molecule has 0 aliphatic heterocycles. The standard InChI is InChI=1S/C17H15ClN2O2S/c1-11(2)15-10-20(16-8-17(18)19-9-14(15)16)23(21,22)13-6-4-12(3)5-7-13/h4-10H,1H2,2-3H3. The van der Waals surface area contributed by atoms with Crippen molar-refractivity contribution in [2.24, 2.45) is 0 Å². The Hall–Kier alpha value is -2.11. The van der Waals surface area contributed by atoms with Crippen molar-refractivity contribution in [2.75, 3.05) is 0 Å². The van der Waals surface area contributed by atoms with Crippen molar-refractivity contribution in [1.82, 2.24) is 8.96 Å². The Morgan fingerprint density at radius 3 is 2.52 bits per heavy atom. The predicted octanol–water partition coefficient (Wildman–Crippen LogP) is 4.27. The lowest BCUT2D eigenvalue weighted by Crippen LogP contribution is -2.11. The zero-order chi connectivity index (χ0) is 16.8. The second-order valence-corrected chi connectivity index (χ2v) is 7.66. The molecular formula is C17H15ClN2O2S. The molecule has 0 unspecified atom stereocenters. The van der Waals surface area contributed by atoms with E-state index in [4.69, 9.17) is 11.6 Å². The topological polar surface area (TPSA) is 52.0 Å². The molecule has 0 spiro atoms. The Morgan fingerprint density at radius 2 is 1.91 bits per heavy atom. The Bertz CT molecular complexity index is 1020. The molecule has 0 fully saturated rings. The molecule has 23 heavy (non-hydrogen) atoms. The van der Waals surface area contributed by atoms with Gasteiger partial charge in [-0.1, -0.05) is 35.9 Å². The Labute approximate surface area is 140 Å². The average molecular weight is 347 g/mol. The fourth-order valence-electron chi connectivity index (χ4n) is 2.43. The maximum atomic E-state index is 13.0. The maximum Gasteiger partial charge on any atom is 0.268 e. The minimum Gasteiger partial charge on any atom is -0.244 e. The molecule has 118 valence electrons. The molecule has 2 aromatic heterocycles. The number of fused-ring (bicyclic) bond motifs is 1. The van der Waals surface area contributed by atoms with Gasteiger partial charge in [-0.2, -0.15) is 0 Å². The quantitative estimate of drug-likeness (QED) is 0.665. The van der Waals surface area contributed by atoms with E-state index in [0.717, 1.165) is 16.7 Å². The second kappa shape index (κ2) is 5.51. The van der Waals surface area contributed by atoms with Gasteiger partial charge in [-0.25, -0.2) is 17.4 Å². The second-order valence-electron chi connectivity index (χ2n) is 5.46. The zero-order valence-corrected chi connectivity index (χ0v) is 14.3. The van der Waals surface area contributed by atoms with Crippen molar-refractivity contribution in [3.8, 4) is 0 Å². The Morgan fingerprint density at radius 1 is 1.26 bits per heavy atom. The van der Waals surface area contributed by atoms with Crippen molar-refractivity contribution in [3.05, 3.63) is 65.6 Å². The highest BCUT2D eigenvalue weighted by molar-refractivity contribution is 7.90. The molecule has 6 heteroatoms. The molecule has 3 rings (SSSR count). The van der Waals surface area contributed by atoms with Crippen LogP contribution in [0.4, 0.5) is 0 Å². The summed E-state index contributed by atoms with van der Waals surface area (Å²) in [4.78, 5) is 4.27. The SMILES string of the molecule is C=C(C)c1cn(S(=O)(=O)c2ccc(C)cc2)c2cc(Cl)ncc12. The van der Waals surface area contributed by atoms with E-state index in [2.05, 4.69) is 11.6 Å². The third-order valence-corrected chi connectivity index (χ3v) is 5.55. The molecule has 3 aromatic rings. The van der Waals surface area contributed by atoms with Crippen molar-refractivity contribution in [3.63, 3.8) is 0 Å². The van der Waals surface area contributed by atoms with Crippen molar-refractivity contribution in [2.45, 2.75) is 18.7 Å². The van der Waals surface area contributed by atoms with Crippen LogP contribution in [0.3, 0.4) is 0 Å². The third kappa shape index (κ3) is 2.66. The first-order valence-corrected chi connectivity index (χ1v) is 8.77. The predicted molar refractivity (Wildman–Crippen MR) is 93.2 cm³/mol. The molecule has 0 radical (unpaired) electrons. The number of nitrogens with zero attached hydrogens (tertiary/aromatic N) is 2. The van der Waals surface area contributed by atoms with Crippen LogP contribution in [-0.2, 0) is 10.0 Å². The number of benzene rings is 1. The Kier molecular flexibility index (Phi) is 3.78. The summed E-state index contributed by atoms with van der Waals surface area (Å²) in [6.07, 6.45) is 3.14. The first kappa shape index (κ1) is 15.8. The smallest absolute Gasteiger partial charge is 0.244 e. The van der Waals surface area contributed by atoms with Gasteiger partial charge in [0.25, 0.3) is 10.0 Å². The van der Waals surface area contributed by atoms with E-state index in [1.54, 1.807) is 42.7 Å². The summed E-state index contributed by atoms with van der Waals surface area (Å²) in [7, 11) is -3.72. The molecule has 0 bridgehead atoms. The number of aryl methyl sites for hydroxylation is 1. The number of hydrogen-bond acceptors (Lipinski definition) is 3. The van der Waals surface area contributed by atoms with Crippen LogP contribution in [0.15, 0.2) is 54.2 Å². The van der Waals surface area contributed by atoms with Crippen LogP contribution in [0.2, 0.25) is 5.15 Å². The first-order chi connectivity index (χ1) is 10.8. The summed E-state index contributed by atoms with van der Waals surface area (Å²) in [6, 6.07) is 8.29. The van der Waals surface area contributed by atoms with Crippen molar-refractivity contribution in [1.29, 1.82) is 0 Å². The lowest BCUT2D eigenvalue weighted by atomic mass is 10.1. The van der Waals surface area contributed by atoms with Crippen LogP contribution in [0.25, 0.3) is 16.5 Å². The van der Waals surface area contributed by atoms with Crippen LogP contribution in [-0.4, -0.2) is 17.4 Å². The van der Waals surface area contributed by atoms with Gasteiger partial charge in [-0.15, -0.1) is 0 Å². The fraction of sp³-hybridized carbons (Fsp3) is 0.118. The van der Waals surface area contributed by atoms with Crippen LogP contribution < -0.4 is 0 Å². The lowest BCUT2D eigenvalue weighted by Gasteiger charge is -2.08. The summed E-state index contributed by atoms with van der Waals surface area (Å²) in [5, 5.41) is 0.946. The number of allylic oxidation sites excluding steroid dienone is 1. The lowest BCUT2D eigenvalue weighted by molar-refractivity contribution is 0.589. The van der Waals surface area contributed by atoms with Crippen LogP contribution in [0, 0.1) is 6.92 Å². The van der Waals surface area contributed by atoms with Gasteiger partial charge in [0, 0.05) is 29.4 Å². The zero-order valence-electron chi connectivity index (χ0n) is 12.7. The van der Waals surface area contributed by atoms with Gasteiger partial charge in [-0.3, -0.25) is 0 Å². The summed E-state index contributed by atoms with van der Waals surface area (Å²) < 4.78 is 27.2. The molecule has 1 aromatic carbocycles. The van der Waals surface area contributed by atoms with E-state index in [0.29, 0.717) is 10.9 Å². The molecule has 0 atom stereocenters. The fourth-order valence-corrected chi connectivity index (χ4v) is 3.94. The number of rotatable bonds is 3. The summed E-state index contributed by atoms with van der Waals surface area (Å²) in [5.74, 6) is 0. The van der Waals surface area contributed by atoms with Crippen LogP contribution in [0.1, 0.15) is 18.1 Å². The van der Waals surface area contributed by atoms with Gasteiger partial charge in [0.05, 0.1) is 10.4 Å². The third-order valence-electron chi connectivity index (χ3n) is 3.66. The molecule has 0 aliphatic rings. The molecule has 0 aliphatic carbocycles. The van der Waals surface area contributed by atoms with E-state index in [-0.39, 0.29) is 10.0 Å². The molecular weight excluding hydrogens is 332 g/mol. The normalized spacial score (nSPS) is 11.8. The van der Waals surface area contributed by atoms with E-state index in [9.17, 15) is 8.42 Å². The van der Waals surface area contributed by atoms with E-state index >= 15 is 0 Å². The van der Waals surface area contributed by atoms with Crippen LogP contribution >= 0.6 is 11.6 Å². The van der Waals surface area contributed by atoms with Gasteiger partial charge in [0.2, 0.25) is 0 Å². The minimum atomic E-state index is -3.72. The Balaban J connectivity index is 2.33. The minimum absolute atomic E-state index is 0.223. The summed E-state index contributed by atoms with van der Waals surface area (Å²) >= 11 is 5.95. The molecule has 4 nitrogen and oxygen atoms in total. The van der Waals surface area contributed by atoms with E-state index in [1.165, 1.54) is 3.97 Å². The summed E-state index contributed by atoms with van der Waals surface area (Å²) in [5.41, 5.74) is 2.98. The highest BCUT2D eigenvalue weighted by Crippen LogP contribution is 2.30. The van der Waals surface area contributed by atoms with Gasteiger partial charge < -0.3 is 0 Å². The summed E-state index contributed by atoms with van der Waals surface area (Å²) in [6.45, 7) is 7.64. The highest BCUT2D eigenvalue weighted by atomic mass is 35.5. The number of aromatic nitrogens is 2. The van der Waals surface area contributed by atoms with Crippen molar-refractivity contribution < 1.29 is 8.42 Å². The monoisotopic (exact) mass is 346 g/mol. The maximum absolute atomic E-state index is 13.0. The number of pyridine rings is 1. The molecule has 0 saturated heterocycles. The average Bonchev–Trinajstić information content (AvgIpc) is 2.87. The highest BCUT2D eigenvalue weighted by Gasteiger charge is 2.21. The largest absolute Gasteiger partial charge is 0.268 e. The van der Waals surface area contributed by atoms with Crippen molar-refractivity contribution >= 4 is 38.1 Å². The molecule has 0 N–H and O–H groups in total. The molecule has 0 saturated carbocycles. The van der Waals surface area contributed by atoms with Gasteiger partial charge in [0.15, 0.2) is 0 Å². The molecule has 0 amide bonds. The number of halogens is 1. The first-order valence-electron chi connectivity index (χ1n) is 6.95.